The molecule has 1 unspecified atom stereocenters. The molecular weight excluding hydrogens is 620 g/mol. The third kappa shape index (κ3) is 7.69. The van der Waals surface area contributed by atoms with Gasteiger partial charge in [0.2, 0.25) is 9.84 Å². The molecule has 4 aromatic rings. The van der Waals surface area contributed by atoms with Gasteiger partial charge in [0.25, 0.3) is 5.91 Å². The van der Waals surface area contributed by atoms with E-state index < -0.39 is 38.4 Å². The minimum Gasteiger partial charge on any atom is -0.448 e. The number of nitrogens with one attached hydrogen (secondary N) is 2. The van der Waals surface area contributed by atoms with Gasteiger partial charge in [-0.3, -0.25) is 4.79 Å². The zero-order valence-corrected chi connectivity index (χ0v) is 27.2. The first-order chi connectivity index (χ1) is 21.7. The molecule has 3 aromatic carbocycles. The Kier molecular flexibility index (Phi) is 10.8. The van der Waals surface area contributed by atoms with Crippen LogP contribution in [-0.2, 0) is 25.7 Å². The van der Waals surface area contributed by atoms with Gasteiger partial charge in [0, 0.05) is 36.3 Å². The van der Waals surface area contributed by atoms with E-state index in [1.54, 1.807) is 20.1 Å². The summed E-state index contributed by atoms with van der Waals surface area (Å²) in [6.45, 7) is 6.01. The number of hydrogen-bond acceptors (Lipinski definition) is 9. The highest BCUT2D eigenvalue weighted by molar-refractivity contribution is 7.91. The minimum absolute atomic E-state index is 0.0347. The van der Waals surface area contributed by atoms with Crippen LogP contribution in [0.15, 0.2) is 64.4 Å². The van der Waals surface area contributed by atoms with E-state index >= 15 is 0 Å². The number of carbonyl (C=O) groups excluding carboxylic acids is 2. The van der Waals surface area contributed by atoms with E-state index in [0.717, 1.165) is 16.7 Å². The van der Waals surface area contributed by atoms with E-state index in [1.807, 2.05) is 33.2 Å². The average molecular weight is 658 g/mol. The predicted molar refractivity (Wildman–Crippen MR) is 170 cm³/mol. The number of amides is 1. The van der Waals surface area contributed by atoms with Crippen molar-refractivity contribution in [3.63, 3.8) is 0 Å². The Morgan fingerprint density at radius 2 is 1.70 bits per heavy atom. The number of benzene rings is 3. The van der Waals surface area contributed by atoms with Crippen molar-refractivity contribution in [1.29, 1.82) is 0 Å². The lowest BCUT2D eigenvalue weighted by atomic mass is 10.0. The first kappa shape index (κ1) is 34.5. The molecule has 0 radical (unpaired) electrons. The lowest BCUT2D eigenvalue weighted by molar-refractivity contribution is 0.102. The fraction of sp³-hybridized carbons (Fsp3) is 0.344. The monoisotopic (exact) mass is 657 g/mol. The molecule has 0 bridgehead atoms. The fourth-order valence-electron chi connectivity index (χ4n) is 4.79. The number of methoxy groups -OCH3 is 1. The molecule has 1 aromatic heterocycles. The number of ether oxygens (including phenoxy) is 2. The minimum atomic E-state index is -4.41. The van der Waals surface area contributed by atoms with Crippen LogP contribution >= 0.6 is 0 Å². The molecule has 2 atom stereocenters. The van der Waals surface area contributed by atoms with Crippen LogP contribution in [-0.4, -0.2) is 81.6 Å². The van der Waals surface area contributed by atoms with E-state index in [9.17, 15) is 26.8 Å². The Balaban J connectivity index is 1.79. The fourth-order valence-corrected chi connectivity index (χ4v) is 6.12. The van der Waals surface area contributed by atoms with Crippen molar-refractivity contribution < 1.29 is 36.3 Å². The number of hydrogen-bond donors (Lipinski definition) is 2. The van der Waals surface area contributed by atoms with Gasteiger partial charge in [0.15, 0.2) is 5.82 Å². The van der Waals surface area contributed by atoms with Gasteiger partial charge in [-0.25, -0.2) is 22.0 Å². The quantitative estimate of drug-likeness (QED) is 0.207. The Morgan fingerprint density at radius 3 is 2.33 bits per heavy atom. The summed E-state index contributed by atoms with van der Waals surface area (Å²) in [5, 5.41) is 10.3. The summed E-state index contributed by atoms with van der Waals surface area (Å²) in [4.78, 5) is 27.7. The molecule has 0 aliphatic carbocycles. The first-order valence-electron chi connectivity index (χ1n) is 14.5. The summed E-state index contributed by atoms with van der Waals surface area (Å²) in [6.07, 6.45) is -0.130. The second kappa shape index (κ2) is 14.4. The van der Waals surface area contributed by atoms with Crippen LogP contribution in [0.25, 0.3) is 10.9 Å². The number of rotatable bonds is 12. The van der Waals surface area contributed by atoms with Gasteiger partial charge in [-0.2, -0.15) is 4.68 Å². The zero-order chi connectivity index (χ0) is 33.8. The molecule has 46 heavy (non-hydrogen) atoms. The van der Waals surface area contributed by atoms with Gasteiger partial charge in [-0.15, -0.1) is 5.10 Å². The highest BCUT2D eigenvalue weighted by Crippen LogP contribution is 2.31. The Labute approximate surface area is 266 Å². The van der Waals surface area contributed by atoms with E-state index in [-0.39, 0.29) is 45.9 Å². The van der Waals surface area contributed by atoms with Crippen LogP contribution in [0, 0.1) is 11.6 Å². The van der Waals surface area contributed by atoms with Crippen LogP contribution in [0.4, 0.5) is 25.1 Å². The third-order valence-corrected chi connectivity index (χ3v) is 9.07. The number of anilines is 2. The second-order valence-electron chi connectivity index (χ2n) is 11.1. The number of nitrogens with zero attached hydrogens (tertiary/aromatic N) is 3. The molecule has 0 saturated heterocycles. The van der Waals surface area contributed by atoms with Crippen molar-refractivity contribution in [2.24, 2.45) is 0 Å². The van der Waals surface area contributed by atoms with Crippen molar-refractivity contribution in [2.75, 3.05) is 45.1 Å². The molecule has 0 fully saturated rings. The lowest BCUT2D eigenvalue weighted by Crippen LogP contribution is -2.27. The predicted octanol–water partition coefficient (Wildman–Crippen LogP) is 5.34. The molecule has 246 valence electrons. The number of aromatic nitrogens is 2. The normalized spacial score (nSPS) is 13.1. The van der Waals surface area contributed by atoms with Crippen molar-refractivity contribution in [2.45, 2.75) is 49.1 Å². The van der Waals surface area contributed by atoms with Gasteiger partial charge in [-0.05, 0) is 89.3 Å². The maximum absolute atomic E-state index is 13.9. The largest absolute Gasteiger partial charge is 0.448 e. The Bertz CT molecular complexity index is 1840. The maximum atomic E-state index is 13.9. The summed E-state index contributed by atoms with van der Waals surface area (Å²) in [7, 11) is 1.13. The molecule has 1 heterocycles. The number of sulfone groups is 1. The third-order valence-electron chi connectivity index (χ3n) is 7.34. The lowest BCUT2D eigenvalue weighted by Gasteiger charge is -2.22. The van der Waals surface area contributed by atoms with Crippen LogP contribution in [0.5, 0.6) is 0 Å². The summed E-state index contributed by atoms with van der Waals surface area (Å²) in [5.74, 6) is -2.84. The first-order valence-corrected chi connectivity index (χ1v) is 16.0. The Morgan fingerprint density at radius 1 is 1.00 bits per heavy atom. The van der Waals surface area contributed by atoms with Crippen LogP contribution in [0.1, 0.15) is 36.7 Å². The molecule has 4 rings (SSSR count). The van der Waals surface area contributed by atoms with Crippen LogP contribution in [0.3, 0.4) is 0 Å². The van der Waals surface area contributed by atoms with Crippen molar-refractivity contribution >= 4 is 44.2 Å². The number of carbonyl (C=O) groups is 2. The number of likely N-dealkylation sites (N-methyl/N-ethyl adjacent to an activating group) is 1. The summed E-state index contributed by atoms with van der Waals surface area (Å²) < 4.78 is 65.8. The number of halogens is 2. The van der Waals surface area contributed by atoms with E-state index in [0.29, 0.717) is 30.5 Å². The van der Waals surface area contributed by atoms with Gasteiger partial charge >= 0.3 is 6.09 Å². The number of fused-ring (bicyclic) bond motifs is 1. The van der Waals surface area contributed by atoms with Crippen molar-refractivity contribution in [3.8, 4) is 0 Å². The van der Waals surface area contributed by atoms with Gasteiger partial charge in [-0.1, -0.05) is 6.07 Å². The maximum Gasteiger partial charge on any atom is 0.435 e. The topological polar surface area (TPSA) is 132 Å². The van der Waals surface area contributed by atoms with Gasteiger partial charge in [0.05, 0.1) is 34.1 Å². The van der Waals surface area contributed by atoms with Crippen LogP contribution in [0.2, 0.25) is 0 Å². The van der Waals surface area contributed by atoms with Gasteiger partial charge in [0.1, 0.15) is 11.6 Å². The van der Waals surface area contributed by atoms with Gasteiger partial charge < -0.3 is 25.0 Å². The summed E-state index contributed by atoms with van der Waals surface area (Å²) in [5.41, 5.74) is 1.93. The summed E-state index contributed by atoms with van der Waals surface area (Å²) >= 11 is 0. The highest BCUT2D eigenvalue weighted by atomic mass is 32.2. The SMILES string of the molecule is CCOC(=O)n1nc(NC(=O)c2ccc(CC(C)N(C)C)cc2N[C@H](C)COC)c2cc(S(=O)(=O)c3cc(F)cc(F)c3)ccc21. The second-order valence-corrected chi connectivity index (χ2v) is 13.0. The molecule has 11 nitrogen and oxygen atoms in total. The molecule has 0 spiro atoms. The molecule has 1 amide bonds. The molecule has 0 aliphatic rings. The van der Waals surface area contributed by atoms with E-state index in [1.165, 1.54) is 18.2 Å². The smallest absolute Gasteiger partial charge is 0.435 e. The zero-order valence-electron chi connectivity index (χ0n) is 26.4. The summed E-state index contributed by atoms with van der Waals surface area (Å²) in [6, 6.07) is 11.1. The van der Waals surface area contributed by atoms with E-state index in [2.05, 4.69) is 27.6 Å². The highest BCUT2D eigenvalue weighted by Gasteiger charge is 2.25. The van der Waals surface area contributed by atoms with Crippen molar-refractivity contribution in [3.05, 3.63) is 77.4 Å². The molecule has 14 heteroatoms. The molecule has 0 aliphatic heterocycles. The van der Waals surface area contributed by atoms with Crippen molar-refractivity contribution in [1.82, 2.24) is 14.7 Å². The Hall–Kier alpha value is -4.40. The average Bonchev–Trinajstić information content (AvgIpc) is 3.34. The van der Waals surface area contributed by atoms with Crippen LogP contribution < -0.4 is 10.6 Å². The standard InChI is InChI=1S/C32H37F2N5O6S/c1-7-45-32(41)39-29-11-9-24(46(42,43)25-15-22(33)14-23(34)16-25)17-27(29)30(37-39)36-31(40)26-10-8-21(12-20(3)38(4)5)13-28(26)35-19(2)18-44-6/h8-11,13-17,19-20,35H,7,12,18H2,1-6H3,(H,36,37,40)/t19-,20?/m1/s1. The molecule has 0 saturated carbocycles. The molecule has 2 N–H and O–H groups in total. The molecular formula is C32H37F2N5O6S. The van der Waals surface area contributed by atoms with E-state index in [4.69, 9.17) is 9.47 Å².